The van der Waals surface area contributed by atoms with E-state index in [-0.39, 0.29) is 40.4 Å². The Morgan fingerprint density at radius 3 is 2.36 bits per heavy atom. The van der Waals surface area contributed by atoms with Crippen LogP contribution in [0.1, 0.15) is 46.0 Å². The molecule has 1 heterocycles. The number of nitriles is 2. The van der Waals surface area contributed by atoms with E-state index in [9.17, 15) is 18.0 Å². The maximum atomic E-state index is 12.9. The molecule has 0 unspecified atom stereocenters. The second kappa shape index (κ2) is 10.1. The van der Waals surface area contributed by atoms with Crippen molar-refractivity contribution in [1.82, 2.24) is 0 Å². The van der Waals surface area contributed by atoms with E-state index in [2.05, 4.69) is 0 Å². The standard InChI is InChI=1S/C24H21N3O5S/c1-2-32-24(29)19-15-17(9-10-20(19)27(13-5-11-25)14-6-12-26)16-22-23(28)18-7-3-4-8-21(18)33(22,30)31/h3-4,7-10,15-16H,2,5-6,13-14H2,1H3/b22-16-. The summed E-state index contributed by atoms with van der Waals surface area (Å²) in [5, 5.41) is 17.9. The van der Waals surface area contributed by atoms with Gasteiger partial charge in [0.2, 0.25) is 15.6 Å². The van der Waals surface area contributed by atoms with Gasteiger partial charge in [-0.25, -0.2) is 13.2 Å². The Bertz CT molecular complexity index is 1300. The van der Waals surface area contributed by atoms with Crippen molar-refractivity contribution < 1.29 is 22.7 Å². The summed E-state index contributed by atoms with van der Waals surface area (Å²) in [6.45, 7) is 2.38. The van der Waals surface area contributed by atoms with Crippen molar-refractivity contribution in [2.75, 3.05) is 24.6 Å². The fourth-order valence-electron chi connectivity index (χ4n) is 3.57. The number of carbonyl (C=O) groups excluding carboxylic acids is 2. The zero-order chi connectivity index (χ0) is 24.0. The van der Waals surface area contributed by atoms with Crippen LogP contribution >= 0.6 is 0 Å². The molecule has 2 aromatic carbocycles. The highest BCUT2D eigenvalue weighted by atomic mass is 32.2. The van der Waals surface area contributed by atoms with Gasteiger partial charge in [0.25, 0.3) is 0 Å². The molecule has 0 saturated heterocycles. The monoisotopic (exact) mass is 463 g/mol. The Hall–Kier alpha value is -3.95. The quantitative estimate of drug-likeness (QED) is 0.430. The third kappa shape index (κ3) is 4.79. The average Bonchev–Trinajstić information content (AvgIpc) is 3.00. The summed E-state index contributed by atoms with van der Waals surface area (Å²) in [5.74, 6) is -1.23. The molecule has 0 spiro atoms. The Labute approximate surface area is 192 Å². The normalized spacial score (nSPS) is 14.9. The number of fused-ring (bicyclic) bond motifs is 1. The van der Waals surface area contributed by atoms with Crippen LogP contribution in [0.3, 0.4) is 0 Å². The first-order valence-corrected chi connectivity index (χ1v) is 11.7. The SMILES string of the molecule is CCOC(=O)c1cc(/C=C2/C(=O)c3ccccc3S2(=O)=O)ccc1N(CCC#N)CCC#N. The number of ketones is 1. The van der Waals surface area contributed by atoms with Crippen molar-refractivity contribution >= 4 is 33.4 Å². The Morgan fingerprint density at radius 1 is 1.09 bits per heavy atom. The second-order valence-corrected chi connectivity index (χ2v) is 9.02. The Balaban J connectivity index is 2.09. The summed E-state index contributed by atoms with van der Waals surface area (Å²) in [6, 6.07) is 14.7. The lowest BCUT2D eigenvalue weighted by molar-refractivity contribution is 0.0527. The summed E-state index contributed by atoms with van der Waals surface area (Å²) < 4.78 is 30.9. The van der Waals surface area contributed by atoms with Gasteiger partial charge in [-0.1, -0.05) is 18.2 Å². The van der Waals surface area contributed by atoms with Crippen LogP contribution in [0.2, 0.25) is 0 Å². The van der Waals surface area contributed by atoms with Gasteiger partial charge in [-0.05, 0) is 42.8 Å². The van der Waals surface area contributed by atoms with Crippen LogP contribution in [0.25, 0.3) is 6.08 Å². The van der Waals surface area contributed by atoms with Crippen LogP contribution in [0, 0.1) is 22.7 Å². The predicted octanol–water partition coefficient (Wildman–Crippen LogP) is 3.51. The lowest BCUT2D eigenvalue weighted by Crippen LogP contribution is -2.27. The van der Waals surface area contributed by atoms with Crippen molar-refractivity contribution in [3.63, 3.8) is 0 Å². The van der Waals surface area contributed by atoms with E-state index in [1.807, 2.05) is 12.1 Å². The van der Waals surface area contributed by atoms with E-state index in [1.54, 1.807) is 36.1 Å². The van der Waals surface area contributed by atoms with Crippen molar-refractivity contribution in [3.8, 4) is 12.1 Å². The highest BCUT2D eigenvalue weighted by molar-refractivity contribution is 7.97. The van der Waals surface area contributed by atoms with Crippen LogP contribution in [-0.4, -0.2) is 39.9 Å². The van der Waals surface area contributed by atoms with Gasteiger partial charge in [-0.15, -0.1) is 0 Å². The summed E-state index contributed by atoms with van der Waals surface area (Å²) in [7, 11) is -3.97. The number of esters is 1. The number of hydrogen-bond donors (Lipinski definition) is 0. The molecule has 0 radical (unpaired) electrons. The molecule has 0 fully saturated rings. The molecule has 33 heavy (non-hydrogen) atoms. The number of ether oxygens (including phenoxy) is 1. The molecule has 2 aromatic rings. The first-order valence-electron chi connectivity index (χ1n) is 10.3. The molecule has 0 saturated carbocycles. The van der Waals surface area contributed by atoms with Gasteiger partial charge in [0.15, 0.2) is 0 Å². The largest absolute Gasteiger partial charge is 0.462 e. The number of benzene rings is 2. The van der Waals surface area contributed by atoms with E-state index in [0.29, 0.717) is 24.3 Å². The molecule has 0 N–H and O–H groups in total. The molecule has 0 atom stereocenters. The molecule has 0 amide bonds. The smallest absolute Gasteiger partial charge is 0.340 e. The fraction of sp³-hybridized carbons (Fsp3) is 0.250. The van der Waals surface area contributed by atoms with Gasteiger partial charge in [0.1, 0.15) is 4.91 Å². The van der Waals surface area contributed by atoms with Gasteiger partial charge >= 0.3 is 5.97 Å². The summed E-state index contributed by atoms with van der Waals surface area (Å²) in [4.78, 5) is 26.8. The molecule has 1 aliphatic heterocycles. The lowest BCUT2D eigenvalue weighted by Gasteiger charge is -2.25. The minimum Gasteiger partial charge on any atom is -0.462 e. The molecule has 0 aliphatic carbocycles. The molecule has 1 aliphatic rings. The molecule has 9 heteroatoms. The maximum absolute atomic E-state index is 12.9. The van der Waals surface area contributed by atoms with Gasteiger partial charge in [-0.3, -0.25) is 4.79 Å². The summed E-state index contributed by atoms with van der Waals surface area (Å²) in [6.07, 6.45) is 1.62. The molecule has 8 nitrogen and oxygen atoms in total. The number of carbonyl (C=O) groups is 2. The number of Topliss-reactive ketones (excluding diaryl/α,β-unsaturated/α-hetero) is 1. The van der Waals surface area contributed by atoms with E-state index in [0.717, 1.165) is 0 Å². The number of allylic oxidation sites excluding steroid dienone is 1. The van der Waals surface area contributed by atoms with Crippen molar-refractivity contribution in [2.24, 2.45) is 0 Å². The fourth-order valence-corrected chi connectivity index (χ4v) is 5.16. The molecule has 3 rings (SSSR count). The molecular weight excluding hydrogens is 442 g/mol. The van der Waals surface area contributed by atoms with Crippen LogP contribution in [0.15, 0.2) is 52.3 Å². The van der Waals surface area contributed by atoms with Crippen LogP contribution in [0.5, 0.6) is 0 Å². The van der Waals surface area contributed by atoms with Crippen LogP contribution in [0.4, 0.5) is 5.69 Å². The first kappa shape index (κ1) is 23.7. The van der Waals surface area contributed by atoms with Crippen LogP contribution in [-0.2, 0) is 14.6 Å². The highest BCUT2D eigenvalue weighted by Gasteiger charge is 2.38. The first-order chi connectivity index (χ1) is 15.8. The summed E-state index contributed by atoms with van der Waals surface area (Å²) in [5.41, 5.74) is 1.07. The van der Waals surface area contributed by atoms with Gasteiger partial charge < -0.3 is 9.64 Å². The zero-order valence-electron chi connectivity index (χ0n) is 17.9. The van der Waals surface area contributed by atoms with E-state index >= 15 is 0 Å². The van der Waals surface area contributed by atoms with E-state index in [1.165, 1.54) is 24.3 Å². The van der Waals surface area contributed by atoms with Crippen LogP contribution < -0.4 is 4.90 Å². The van der Waals surface area contributed by atoms with E-state index < -0.39 is 21.6 Å². The third-order valence-corrected chi connectivity index (χ3v) is 6.89. The topological polar surface area (TPSA) is 128 Å². The van der Waals surface area contributed by atoms with Crippen molar-refractivity contribution in [3.05, 3.63) is 64.1 Å². The number of rotatable bonds is 8. The molecular formula is C24H21N3O5S. The summed E-state index contributed by atoms with van der Waals surface area (Å²) >= 11 is 0. The average molecular weight is 464 g/mol. The van der Waals surface area contributed by atoms with E-state index in [4.69, 9.17) is 15.3 Å². The number of sulfone groups is 1. The Kier molecular flexibility index (Phi) is 7.27. The lowest BCUT2D eigenvalue weighted by atomic mass is 10.0. The minimum absolute atomic E-state index is 0.0392. The number of nitrogens with zero attached hydrogens (tertiary/aromatic N) is 3. The third-order valence-electron chi connectivity index (χ3n) is 5.08. The molecule has 168 valence electrons. The number of hydrogen-bond acceptors (Lipinski definition) is 8. The van der Waals surface area contributed by atoms with Gasteiger partial charge in [0, 0.05) is 18.7 Å². The number of anilines is 1. The Morgan fingerprint density at radius 2 is 1.76 bits per heavy atom. The molecule has 0 bridgehead atoms. The molecule has 0 aromatic heterocycles. The predicted molar refractivity (Wildman–Crippen MR) is 121 cm³/mol. The second-order valence-electron chi connectivity index (χ2n) is 7.14. The minimum atomic E-state index is -3.97. The van der Waals surface area contributed by atoms with Gasteiger partial charge in [0.05, 0.1) is 47.7 Å². The van der Waals surface area contributed by atoms with Gasteiger partial charge in [-0.2, -0.15) is 10.5 Å². The van der Waals surface area contributed by atoms with Crippen molar-refractivity contribution in [2.45, 2.75) is 24.7 Å². The zero-order valence-corrected chi connectivity index (χ0v) is 18.8. The maximum Gasteiger partial charge on any atom is 0.340 e. The highest BCUT2D eigenvalue weighted by Crippen LogP contribution is 2.35. The van der Waals surface area contributed by atoms with Crippen molar-refractivity contribution in [1.29, 1.82) is 10.5 Å².